The molecule has 0 aliphatic heterocycles. The van der Waals surface area contributed by atoms with Crippen LogP contribution in [0.4, 0.5) is 5.69 Å². The molecule has 0 radical (unpaired) electrons. The molecule has 0 fully saturated rings. The Bertz CT molecular complexity index is 414. The van der Waals surface area contributed by atoms with E-state index >= 15 is 0 Å². The summed E-state index contributed by atoms with van der Waals surface area (Å²) in [6.07, 6.45) is 7.89. The number of nitrogens with zero attached hydrogens (tertiary/aromatic N) is 1. The topological polar surface area (TPSA) is 3.24 Å². The Labute approximate surface area is 104 Å². The number of rotatable bonds is 5. The van der Waals surface area contributed by atoms with Crippen molar-refractivity contribution in [1.82, 2.24) is 0 Å². The van der Waals surface area contributed by atoms with Crippen LogP contribution in [0.3, 0.4) is 0 Å². The molecule has 1 nitrogen and oxygen atoms in total. The number of allylic oxidation sites excluding steroid dienone is 4. The van der Waals surface area contributed by atoms with Crippen LogP contribution in [0.5, 0.6) is 0 Å². The fourth-order valence-corrected chi connectivity index (χ4v) is 1.63. The predicted molar refractivity (Wildman–Crippen MR) is 76.8 cm³/mol. The molecular formula is C16H19N. The van der Waals surface area contributed by atoms with Gasteiger partial charge < -0.3 is 4.90 Å². The highest BCUT2D eigenvalue weighted by Gasteiger charge is 2.09. The summed E-state index contributed by atoms with van der Waals surface area (Å²) in [7, 11) is 0. The normalized spacial score (nSPS) is 10.9. The summed E-state index contributed by atoms with van der Waals surface area (Å²) in [5, 5.41) is 0. The maximum Gasteiger partial charge on any atom is 0.0461 e. The van der Waals surface area contributed by atoms with E-state index in [0.717, 1.165) is 17.1 Å². The quantitative estimate of drug-likeness (QED) is 0.658. The zero-order valence-electron chi connectivity index (χ0n) is 10.6. The Morgan fingerprint density at radius 3 is 1.82 bits per heavy atom. The molecule has 1 aromatic carbocycles. The highest BCUT2D eigenvalue weighted by atomic mass is 15.1. The summed E-state index contributed by atoms with van der Waals surface area (Å²) in [5.41, 5.74) is 2.88. The van der Waals surface area contributed by atoms with Gasteiger partial charge in [-0.2, -0.15) is 0 Å². The van der Waals surface area contributed by atoms with Crippen molar-refractivity contribution >= 4 is 5.69 Å². The monoisotopic (exact) mass is 225 g/mol. The molecule has 0 unspecified atom stereocenters. The molecule has 1 heteroatoms. The second-order valence-corrected chi connectivity index (χ2v) is 3.65. The largest absolute Gasteiger partial charge is 0.312 e. The first kappa shape index (κ1) is 13.0. The maximum absolute atomic E-state index is 4.07. The zero-order chi connectivity index (χ0) is 12.7. The molecule has 0 bridgehead atoms. The smallest absolute Gasteiger partial charge is 0.0461 e. The molecule has 0 heterocycles. The van der Waals surface area contributed by atoms with Crippen LogP contribution < -0.4 is 4.90 Å². The summed E-state index contributed by atoms with van der Waals surface area (Å²) in [5.74, 6) is 0. The van der Waals surface area contributed by atoms with E-state index in [0.29, 0.717) is 0 Å². The zero-order valence-corrected chi connectivity index (χ0v) is 10.6. The van der Waals surface area contributed by atoms with Crippen LogP contribution in [-0.2, 0) is 0 Å². The molecule has 0 aromatic heterocycles. The van der Waals surface area contributed by atoms with Crippen LogP contribution in [0.1, 0.15) is 13.8 Å². The van der Waals surface area contributed by atoms with Crippen LogP contribution in [-0.4, -0.2) is 0 Å². The van der Waals surface area contributed by atoms with E-state index in [1.54, 1.807) is 0 Å². The van der Waals surface area contributed by atoms with Gasteiger partial charge in [0.05, 0.1) is 0 Å². The molecule has 0 N–H and O–H groups in total. The van der Waals surface area contributed by atoms with Crippen molar-refractivity contribution in [1.29, 1.82) is 0 Å². The fourth-order valence-electron chi connectivity index (χ4n) is 1.63. The average Bonchev–Trinajstić information content (AvgIpc) is 2.31. The van der Waals surface area contributed by atoms with Crippen LogP contribution in [0.2, 0.25) is 0 Å². The Hall–Kier alpha value is -2.02. The lowest BCUT2D eigenvalue weighted by Crippen LogP contribution is -2.18. The SMILES string of the molecule is C=C(/C=C\C)N(C(=C)/C=C\C)c1ccccc1. The number of benzene rings is 1. The molecule has 0 aliphatic carbocycles. The van der Waals surface area contributed by atoms with Crippen molar-refractivity contribution in [3.05, 3.63) is 79.2 Å². The molecule has 17 heavy (non-hydrogen) atoms. The van der Waals surface area contributed by atoms with E-state index in [9.17, 15) is 0 Å². The van der Waals surface area contributed by atoms with Crippen LogP contribution in [0.15, 0.2) is 79.2 Å². The summed E-state index contributed by atoms with van der Waals surface area (Å²) in [4.78, 5) is 2.03. The molecule has 0 saturated carbocycles. The molecule has 0 aliphatic rings. The van der Waals surface area contributed by atoms with Crippen molar-refractivity contribution in [2.24, 2.45) is 0 Å². The number of anilines is 1. The first-order valence-corrected chi connectivity index (χ1v) is 5.69. The third kappa shape index (κ3) is 3.49. The summed E-state index contributed by atoms with van der Waals surface area (Å²) < 4.78 is 0. The van der Waals surface area contributed by atoms with E-state index in [1.165, 1.54) is 0 Å². The molecule has 88 valence electrons. The maximum atomic E-state index is 4.07. The number of para-hydroxylation sites is 1. The minimum Gasteiger partial charge on any atom is -0.312 e. The van der Waals surface area contributed by atoms with E-state index < -0.39 is 0 Å². The second kappa shape index (κ2) is 6.54. The second-order valence-electron chi connectivity index (χ2n) is 3.65. The van der Waals surface area contributed by atoms with E-state index in [-0.39, 0.29) is 0 Å². The van der Waals surface area contributed by atoms with Gasteiger partial charge in [0.1, 0.15) is 0 Å². The van der Waals surface area contributed by atoms with Crippen molar-refractivity contribution in [3.8, 4) is 0 Å². The minimum atomic E-state index is 0.904. The van der Waals surface area contributed by atoms with Gasteiger partial charge in [0.25, 0.3) is 0 Å². The van der Waals surface area contributed by atoms with Gasteiger partial charge in [0.15, 0.2) is 0 Å². The number of hydrogen-bond acceptors (Lipinski definition) is 1. The molecule has 0 spiro atoms. The fraction of sp³-hybridized carbons (Fsp3) is 0.125. The highest BCUT2D eigenvalue weighted by molar-refractivity contribution is 5.61. The van der Waals surface area contributed by atoms with Gasteiger partial charge in [-0.1, -0.05) is 43.5 Å². The molecule has 1 aromatic rings. The van der Waals surface area contributed by atoms with E-state index in [1.807, 2.05) is 73.4 Å². The lowest BCUT2D eigenvalue weighted by Gasteiger charge is -2.25. The van der Waals surface area contributed by atoms with Crippen molar-refractivity contribution in [3.63, 3.8) is 0 Å². The van der Waals surface area contributed by atoms with Crippen molar-refractivity contribution in [2.45, 2.75) is 13.8 Å². The Morgan fingerprint density at radius 1 is 0.941 bits per heavy atom. The van der Waals surface area contributed by atoms with Crippen LogP contribution in [0.25, 0.3) is 0 Å². The van der Waals surface area contributed by atoms with Crippen LogP contribution in [0, 0.1) is 0 Å². The first-order valence-electron chi connectivity index (χ1n) is 5.69. The predicted octanol–water partition coefficient (Wildman–Crippen LogP) is 4.67. The average molecular weight is 225 g/mol. The Morgan fingerprint density at radius 2 is 1.41 bits per heavy atom. The lowest BCUT2D eigenvalue weighted by molar-refractivity contribution is 1.15. The molecule has 0 saturated heterocycles. The number of hydrogen-bond donors (Lipinski definition) is 0. The highest BCUT2D eigenvalue weighted by Crippen LogP contribution is 2.23. The van der Waals surface area contributed by atoms with Gasteiger partial charge in [-0.3, -0.25) is 0 Å². The summed E-state index contributed by atoms with van der Waals surface area (Å²) >= 11 is 0. The van der Waals surface area contributed by atoms with Gasteiger partial charge in [0, 0.05) is 17.1 Å². The molecular weight excluding hydrogens is 206 g/mol. The van der Waals surface area contributed by atoms with Crippen LogP contribution >= 0.6 is 0 Å². The molecule has 0 amide bonds. The molecule has 1 rings (SSSR count). The van der Waals surface area contributed by atoms with Crippen molar-refractivity contribution in [2.75, 3.05) is 4.90 Å². The van der Waals surface area contributed by atoms with E-state index in [4.69, 9.17) is 0 Å². The van der Waals surface area contributed by atoms with E-state index in [2.05, 4.69) is 13.2 Å². The summed E-state index contributed by atoms with van der Waals surface area (Å²) in [6, 6.07) is 10.1. The van der Waals surface area contributed by atoms with Gasteiger partial charge in [-0.25, -0.2) is 0 Å². The first-order chi connectivity index (χ1) is 8.20. The van der Waals surface area contributed by atoms with Gasteiger partial charge in [0.2, 0.25) is 0 Å². The lowest BCUT2D eigenvalue weighted by atomic mass is 10.2. The standard InChI is InChI=1S/C16H19N/c1-5-10-14(3)17(15(4)11-6-2)16-12-8-7-9-13-16/h5-13H,3-4H2,1-2H3/b10-5-,11-6-. The Kier molecular flexibility index (Phi) is 5.02. The van der Waals surface area contributed by atoms with Crippen molar-refractivity contribution < 1.29 is 0 Å². The van der Waals surface area contributed by atoms with Gasteiger partial charge in [-0.05, 0) is 38.1 Å². The van der Waals surface area contributed by atoms with Gasteiger partial charge in [-0.15, -0.1) is 0 Å². The third-order valence-electron chi connectivity index (χ3n) is 2.31. The van der Waals surface area contributed by atoms with Gasteiger partial charge >= 0.3 is 0 Å². The Balaban J connectivity index is 3.11. The molecule has 0 atom stereocenters. The summed E-state index contributed by atoms with van der Waals surface area (Å²) in [6.45, 7) is 12.1. The third-order valence-corrected chi connectivity index (χ3v) is 2.31. The minimum absolute atomic E-state index is 0.904.